The number of allylic oxidation sites excluding steroid dienone is 1. The molecule has 226 valence electrons. The summed E-state index contributed by atoms with van der Waals surface area (Å²) in [6.45, 7) is 7.90. The van der Waals surface area contributed by atoms with Crippen LogP contribution >= 0.6 is 11.3 Å². The van der Waals surface area contributed by atoms with E-state index in [9.17, 15) is 19.5 Å². The maximum atomic E-state index is 14.1. The van der Waals surface area contributed by atoms with E-state index in [0.717, 1.165) is 16.7 Å². The van der Waals surface area contributed by atoms with Gasteiger partial charge in [0.1, 0.15) is 11.5 Å². The molecule has 0 radical (unpaired) electrons. The number of carbonyl (C=O) groups is 2. The Kier molecular flexibility index (Phi) is 7.95. The lowest BCUT2D eigenvalue weighted by atomic mass is 9.93. The second kappa shape index (κ2) is 12.0. The van der Waals surface area contributed by atoms with Crippen LogP contribution in [0.2, 0.25) is 0 Å². The summed E-state index contributed by atoms with van der Waals surface area (Å²) in [5, 5.41) is 12.4. The number of aryl methyl sites for hydroxylation is 1. The fourth-order valence-electron chi connectivity index (χ4n) is 5.44. The molecule has 5 aromatic rings. The molecule has 0 unspecified atom stereocenters. The number of hydrogen-bond acceptors (Lipinski definition) is 6. The van der Waals surface area contributed by atoms with Crippen molar-refractivity contribution in [3.8, 4) is 11.3 Å². The first kappa shape index (κ1) is 29.8. The van der Waals surface area contributed by atoms with Gasteiger partial charge in [0, 0.05) is 17.3 Å². The third-order valence-corrected chi connectivity index (χ3v) is 8.85. The van der Waals surface area contributed by atoms with Crippen LogP contribution in [0.15, 0.2) is 110 Å². The SMILES string of the molecule is CC1=C(C(=O)Nc2ccccc2)[C@@H](c2ccc(C(C)C)cc2)n2c(s/c(=C\c3ccc(-c4cc(C(=O)O)ccc4C)o3)c2=O)=N1. The van der Waals surface area contributed by atoms with E-state index in [1.807, 2.05) is 61.5 Å². The average Bonchev–Trinajstić information content (AvgIpc) is 3.60. The number of carbonyl (C=O) groups excluding carboxylic acids is 1. The molecule has 1 aliphatic heterocycles. The molecule has 0 fully saturated rings. The number of benzene rings is 3. The minimum absolute atomic E-state index is 0.158. The van der Waals surface area contributed by atoms with Crippen molar-refractivity contribution in [2.45, 2.75) is 39.7 Å². The normalized spacial score (nSPS) is 14.8. The highest BCUT2D eigenvalue weighted by molar-refractivity contribution is 7.07. The van der Waals surface area contributed by atoms with Crippen LogP contribution in [0.4, 0.5) is 5.69 Å². The van der Waals surface area contributed by atoms with Gasteiger partial charge in [-0.05, 0) is 72.9 Å². The number of rotatable bonds is 7. The second-order valence-electron chi connectivity index (χ2n) is 11.3. The summed E-state index contributed by atoms with van der Waals surface area (Å²) in [6.07, 6.45) is 1.66. The monoisotopic (exact) mass is 617 g/mol. The number of thiazole rings is 1. The highest BCUT2D eigenvalue weighted by Crippen LogP contribution is 2.32. The van der Waals surface area contributed by atoms with Crippen LogP contribution < -0.4 is 20.2 Å². The quantitative estimate of drug-likeness (QED) is 0.224. The zero-order chi connectivity index (χ0) is 31.8. The zero-order valence-electron chi connectivity index (χ0n) is 25.2. The number of para-hydroxylation sites is 1. The van der Waals surface area contributed by atoms with Crippen LogP contribution in [0.1, 0.15) is 65.5 Å². The molecular formula is C36H31N3O5S. The third kappa shape index (κ3) is 5.82. The Balaban J connectivity index is 1.45. The lowest BCUT2D eigenvalue weighted by molar-refractivity contribution is -0.113. The Labute approximate surface area is 263 Å². The van der Waals surface area contributed by atoms with Crippen molar-refractivity contribution in [3.05, 3.63) is 144 Å². The number of furan rings is 1. The van der Waals surface area contributed by atoms with Gasteiger partial charge in [-0.15, -0.1) is 0 Å². The van der Waals surface area contributed by atoms with Crippen LogP contribution in [0.3, 0.4) is 0 Å². The van der Waals surface area contributed by atoms with Crippen LogP contribution in [-0.4, -0.2) is 21.6 Å². The molecule has 3 heterocycles. The maximum Gasteiger partial charge on any atom is 0.335 e. The Morgan fingerprint density at radius 3 is 2.42 bits per heavy atom. The van der Waals surface area contributed by atoms with Gasteiger partial charge in [-0.25, -0.2) is 9.79 Å². The van der Waals surface area contributed by atoms with Crippen LogP contribution in [0, 0.1) is 6.92 Å². The Bertz CT molecular complexity index is 2150. The molecule has 8 nitrogen and oxygen atoms in total. The highest BCUT2D eigenvalue weighted by Gasteiger charge is 2.32. The molecule has 3 aromatic carbocycles. The van der Waals surface area contributed by atoms with E-state index >= 15 is 0 Å². The van der Waals surface area contributed by atoms with Gasteiger partial charge in [0.05, 0.1) is 27.4 Å². The molecular weight excluding hydrogens is 586 g/mol. The molecule has 1 atom stereocenters. The summed E-state index contributed by atoms with van der Waals surface area (Å²) in [5.74, 6) is -0.0962. The summed E-state index contributed by atoms with van der Waals surface area (Å²) in [7, 11) is 0. The van der Waals surface area contributed by atoms with E-state index in [4.69, 9.17) is 9.41 Å². The molecule has 0 spiro atoms. The van der Waals surface area contributed by atoms with E-state index in [1.54, 1.807) is 47.9 Å². The van der Waals surface area contributed by atoms with Crippen molar-refractivity contribution in [1.29, 1.82) is 0 Å². The number of fused-ring (bicyclic) bond motifs is 1. The predicted molar refractivity (Wildman–Crippen MR) is 175 cm³/mol. The van der Waals surface area contributed by atoms with Crippen molar-refractivity contribution < 1.29 is 19.1 Å². The fraction of sp³-hybridized carbons (Fsp3) is 0.167. The molecule has 0 saturated heterocycles. The van der Waals surface area contributed by atoms with Crippen LogP contribution in [0.25, 0.3) is 17.4 Å². The average molecular weight is 618 g/mol. The van der Waals surface area contributed by atoms with E-state index in [-0.39, 0.29) is 17.0 Å². The first-order valence-electron chi connectivity index (χ1n) is 14.5. The smallest absolute Gasteiger partial charge is 0.335 e. The number of aromatic carboxylic acids is 1. The number of carboxylic acid groups (broad SMARTS) is 1. The van der Waals surface area contributed by atoms with Gasteiger partial charge in [0.15, 0.2) is 4.80 Å². The van der Waals surface area contributed by atoms with Crippen LogP contribution in [-0.2, 0) is 4.79 Å². The van der Waals surface area contributed by atoms with Gasteiger partial charge in [0.25, 0.3) is 11.5 Å². The summed E-state index contributed by atoms with van der Waals surface area (Å²) in [5.41, 5.74) is 4.90. The summed E-state index contributed by atoms with van der Waals surface area (Å²) in [4.78, 5) is 44.6. The summed E-state index contributed by atoms with van der Waals surface area (Å²) < 4.78 is 8.05. The lowest BCUT2D eigenvalue weighted by Gasteiger charge is -2.25. The molecule has 2 N–H and O–H groups in total. The lowest BCUT2D eigenvalue weighted by Crippen LogP contribution is -2.40. The minimum Gasteiger partial charge on any atom is -0.478 e. The van der Waals surface area contributed by atoms with E-state index in [2.05, 4.69) is 19.2 Å². The number of amides is 1. The molecule has 0 bridgehead atoms. The number of nitrogens with zero attached hydrogens (tertiary/aromatic N) is 2. The summed E-state index contributed by atoms with van der Waals surface area (Å²) in [6, 6.07) is 24.9. The molecule has 45 heavy (non-hydrogen) atoms. The summed E-state index contributed by atoms with van der Waals surface area (Å²) >= 11 is 1.22. The van der Waals surface area contributed by atoms with Crippen molar-refractivity contribution in [3.63, 3.8) is 0 Å². The van der Waals surface area contributed by atoms with Gasteiger partial charge >= 0.3 is 5.97 Å². The van der Waals surface area contributed by atoms with Gasteiger partial charge < -0.3 is 14.8 Å². The highest BCUT2D eigenvalue weighted by atomic mass is 32.1. The number of aromatic nitrogens is 1. The maximum absolute atomic E-state index is 14.1. The Hall–Kier alpha value is -5.28. The van der Waals surface area contributed by atoms with Crippen LogP contribution in [0.5, 0.6) is 0 Å². The molecule has 6 rings (SSSR count). The Morgan fingerprint density at radius 2 is 1.73 bits per heavy atom. The van der Waals surface area contributed by atoms with E-state index in [0.29, 0.717) is 49.3 Å². The van der Waals surface area contributed by atoms with Gasteiger partial charge in [-0.3, -0.25) is 14.2 Å². The van der Waals surface area contributed by atoms with E-state index < -0.39 is 12.0 Å². The number of carboxylic acids is 1. The first-order valence-corrected chi connectivity index (χ1v) is 15.4. The van der Waals surface area contributed by atoms with Crippen molar-refractivity contribution in [2.75, 3.05) is 5.32 Å². The predicted octanol–water partition coefficient (Wildman–Crippen LogP) is 6.26. The molecule has 0 aliphatic carbocycles. The molecule has 2 aromatic heterocycles. The minimum atomic E-state index is -1.02. The first-order chi connectivity index (χ1) is 21.6. The second-order valence-corrected chi connectivity index (χ2v) is 12.3. The zero-order valence-corrected chi connectivity index (χ0v) is 26.0. The van der Waals surface area contributed by atoms with Gasteiger partial charge in [-0.1, -0.05) is 73.7 Å². The van der Waals surface area contributed by atoms with Crippen molar-refractivity contribution >= 4 is 35.0 Å². The van der Waals surface area contributed by atoms with E-state index in [1.165, 1.54) is 11.3 Å². The Morgan fingerprint density at radius 1 is 1.00 bits per heavy atom. The van der Waals surface area contributed by atoms with Gasteiger partial charge in [0.2, 0.25) is 0 Å². The van der Waals surface area contributed by atoms with Gasteiger partial charge in [-0.2, -0.15) is 0 Å². The molecule has 0 saturated carbocycles. The number of anilines is 1. The molecule has 1 amide bonds. The number of nitrogens with one attached hydrogen (secondary N) is 1. The van der Waals surface area contributed by atoms with Crippen molar-refractivity contribution in [1.82, 2.24) is 4.57 Å². The molecule has 9 heteroatoms. The van der Waals surface area contributed by atoms with Crippen molar-refractivity contribution in [2.24, 2.45) is 4.99 Å². The molecule has 1 aliphatic rings. The fourth-order valence-corrected chi connectivity index (χ4v) is 6.46. The third-order valence-electron chi connectivity index (χ3n) is 7.87. The number of hydrogen-bond donors (Lipinski definition) is 2. The topological polar surface area (TPSA) is 114 Å². The standard InChI is InChI=1S/C36H31N3O5S/c1-20(2)23-12-14-24(15-13-23)32-31(33(40)38-26-8-6-5-7-9-26)22(4)37-36-39(32)34(41)30(45-36)19-27-16-17-29(44-27)28-18-25(35(42)43)11-10-21(28)3/h5-20,32H,1-4H3,(H,38,40)(H,42,43)/b30-19-/t32-/m1/s1. The largest absolute Gasteiger partial charge is 0.478 e.